The number of carbonyl (C=O) groups excluding carboxylic acids is 1. The summed E-state index contributed by atoms with van der Waals surface area (Å²) >= 11 is 0. The molecule has 144 valence electrons. The molecule has 2 heterocycles. The number of nitrogen functional groups attached to an aromatic ring is 1. The van der Waals surface area contributed by atoms with E-state index in [0.717, 1.165) is 12.2 Å². The molecule has 1 fully saturated rings. The average Bonchev–Trinajstić information content (AvgIpc) is 2.52. The number of anilines is 2. The molecule has 1 aromatic rings. The summed E-state index contributed by atoms with van der Waals surface area (Å²) < 4.78 is 5.42. The van der Waals surface area contributed by atoms with Gasteiger partial charge in [0.05, 0.1) is 29.7 Å². The number of nitrogens with one attached hydrogen (secondary N) is 2. The zero-order valence-corrected chi connectivity index (χ0v) is 15.9. The highest BCUT2D eigenvalue weighted by Crippen LogP contribution is 2.27. The molecule has 1 amide bonds. The minimum Gasteiger partial charge on any atom is -0.444 e. The van der Waals surface area contributed by atoms with E-state index in [9.17, 15) is 4.79 Å². The molecule has 1 saturated heterocycles. The van der Waals surface area contributed by atoms with Crippen molar-refractivity contribution in [3.63, 3.8) is 0 Å². The number of ether oxygens (including phenoxy) is 1. The van der Waals surface area contributed by atoms with Crippen LogP contribution in [0.2, 0.25) is 0 Å². The third kappa shape index (κ3) is 5.18. The lowest BCUT2D eigenvalue weighted by molar-refractivity contribution is 0.0482. The molecule has 26 heavy (non-hydrogen) atoms. The molecule has 0 bridgehead atoms. The summed E-state index contributed by atoms with van der Waals surface area (Å²) in [6.45, 7) is 9.02. The lowest BCUT2D eigenvalue weighted by Crippen LogP contribution is -2.63. The maximum atomic E-state index is 12.3. The first-order valence-electron chi connectivity index (χ1n) is 8.78. The number of rotatable bonds is 4. The van der Waals surface area contributed by atoms with E-state index >= 15 is 0 Å². The number of nitrogens with zero attached hydrogens (tertiary/aromatic N) is 2. The summed E-state index contributed by atoms with van der Waals surface area (Å²) in [5, 5.41) is 6.27. The van der Waals surface area contributed by atoms with Crippen LogP contribution in [-0.4, -0.2) is 41.9 Å². The van der Waals surface area contributed by atoms with Crippen molar-refractivity contribution in [3.05, 3.63) is 30.9 Å². The Morgan fingerprint density at radius 3 is 2.77 bits per heavy atom. The maximum Gasteiger partial charge on any atom is 0.408 e. The molecule has 1 aliphatic rings. The average molecular weight is 362 g/mol. The fourth-order valence-corrected chi connectivity index (χ4v) is 3.21. The number of piperidine rings is 1. The van der Waals surface area contributed by atoms with Crippen LogP contribution in [0.1, 0.15) is 27.7 Å². The minimum atomic E-state index is -0.556. The van der Waals surface area contributed by atoms with Gasteiger partial charge in [-0.25, -0.2) is 4.79 Å². The van der Waals surface area contributed by atoms with Gasteiger partial charge in [-0.15, -0.1) is 0 Å². The third-order valence-corrected chi connectivity index (χ3v) is 4.23. The monoisotopic (exact) mass is 362 g/mol. The molecule has 0 spiro atoms. The molecule has 3 atom stereocenters. The van der Waals surface area contributed by atoms with Crippen LogP contribution >= 0.6 is 0 Å². The molecule has 0 radical (unpaired) electrons. The van der Waals surface area contributed by atoms with E-state index < -0.39 is 11.7 Å². The van der Waals surface area contributed by atoms with Crippen LogP contribution in [0.15, 0.2) is 30.9 Å². The smallest absolute Gasteiger partial charge is 0.408 e. The summed E-state index contributed by atoms with van der Waals surface area (Å²) in [7, 11) is 0. The van der Waals surface area contributed by atoms with Crippen molar-refractivity contribution in [1.82, 2.24) is 15.6 Å². The molecule has 6 N–H and O–H groups in total. The van der Waals surface area contributed by atoms with Crippen molar-refractivity contribution >= 4 is 17.5 Å². The van der Waals surface area contributed by atoms with Gasteiger partial charge < -0.3 is 31.7 Å². The van der Waals surface area contributed by atoms with Gasteiger partial charge in [-0.05, 0) is 32.8 Å². The number of pyridine rings is 1. The van der Waals surface area contributed by atoms with Crippen molar-refractivity contribution in [2.45, 2.75) is 45.4 Å². The van der Waals surface area contributed by atoms with Gasteiger partial charge in [0.15, 0.2) is 0 Å². The number of carbonyl (C=O) groups is 1. The number of amides is 1. The van der Waals surface area contributed by atoms with Gasteiger partial charge in [0.1, 0.15) is 5.60 Å². The van der Waals surface area contributed by atoms with Crippen LogP contribution in [0.5, 0.6) is 0 Å². The fraction of sp³-hybridized carbons (Fsp3) is 0.556. The predicted molar refractivity (Wildman–Crippen MR) is 103 cm³/mol. The Bertz CT molecular complexity index is 643. The van der Waals surface area contributed by atoms with Crippen LogP contribution in [-0.2, 0) is 4.74 Å². The van der Waals surface area contributed by atoms with Crippen molar-refractivity contribution in [1.29, 1.82) is 0 Å². The zero-order chi connectivity index (χ0) is 19.3. The molecule has 8 heteroatoms. The number of hydrogen-bond acceptors (Lipinski definition) is 7. The lowest BCUT2D eigenvalue weighted by atomic mass is 9.89. The van der Waals surface area contributed by atoms with Crippen LogP contribution in [0.4, 0.5) is 16.2 Å². The first kappa shape index (κ1) is 19.7. The zero-order valence-electron chi connectivity index (χ0n) is 15.9. The Morgan fingerprint density at radius 1 is 1.42 bits per heavy atom. The van der Waals surface area contributed by atoms with Crippen molar-refractivity contribution < 1.29 is 9.53 Å². The van der Waals surface area contributed by atoms with Crippen LogP contribution in [0.25, 0.3) is 0 Å². The second-order valence-electron chi connectivity index (χ2n) is 7.62. The van der Waals surface area contributed by atoms with Gasteiger partial charge in [0, 0.05) is 31.7 Å². The van der Waals surface area contributed by atoms with Crippen LogP contribution in [0, 0.1) is 5.92 Å². The number of hydrogen-bond donors (Lipinski definition) is 4. The van der Waals surface area contributed by atoms with E-state index in [1.807, 2.05) is 26.8 Å². The third-order valence-electron chi connectivity index (χ3n) is 4.23. The Labute approximate surface area is 155 Å². The van der Waals surface area contributed by atoms with E-state index in [2.05, 4.69) is 27.4 Å². The quantitative estimate of drug-likeness (QED) is 0.639. The molecule has 0 aromatic carbocycles. The topological polar surface area (TPSA) is 119 Å². The van der Waals surface area contributed by atoms with Gasteiger partial charge in [0.25, 0.3) is 0 Å². The van der Waals surface area contributed by atoms with Crippen molar-refractivity contribution in [2.24, 2.45) is 11.7 Å². The largest absolute Gasteiger partial charge is 0.444 e. The van der Waals surface area contributed by atoms with E-state index in [4.69, 9.17) is 16.2 Å². The van der Waals surface area contributed by atoms with Gasteiger partial charge in [-0.1, -0.05) is 6.92 Å². The fourth-order valence-electron chi connectivity index (χ4n) is 3.21. The number of nitrogens with two attached hydrogens (primary N) is 2. The molecule has 2 rings (SSSR count). The summed E-state index contributed by atoms with van der Waals surface area (Å²) in [5.41, 5.74) is 12.5. The molecule has 0 aliphatic carbocycles. The summed E-state index contributed by atoms with van der Waals surface area (Å²) in [4.78, 5) is 18.5. The molecule has 0 saturated carbocycles. The minimum absolute atomic E-state index is 0.0154. The van der Waals surface area contributed by atoms with Gasteiger partial charge in [0.2, 0.25) is 0 Å². The Morgan fingerprint density at radius 2 is 2.15 bits per heavy atom. The predicted octanol–water partition coefficient (Wildman–Crippen LogP) is 1.40. The molecule has 1 aromatic heterocycles. The molecule has 8 nitrogen and oxygen atoms in total. The van der Waals surface area contributed by atoms with E-state index in [-0.39, 0.29) is 18.0 Å². The summed E-state index contributed by atoms with van der Waals surface area (Å²) in [6.07, 6.45) is 6.06. The van der Waals surface area contributed by atoms with Crippen LogP contribution in [0.3, 0.4) is 0 Å². The normalized spacial score (nSPS) is 23.7. The van der Waals surface area contributed by atoms with Gasteiger partial charge in [-0.2, -0.15) is 0 Å². The second kappa shape index (κ2) is 8.16. The summed E-state index contributed by atoms with van der Waals surface area (Å²) in [5.74, 6) is 0.229. The van der Waals surface area contributed by atoms with Gasteiger partial charge >= 0.3 is 6.09 Å². The highest BCUT2D eigenvalue weighted by atomic mass is 16.6. The molecular weight excluding hydrogens is 332 g/mol. The second-order valence-corrected chi connectivity index (χ2v) is 7.62. The highest BCUT2D eigenvalue weighted by molar-refractivity contribution is 5.69. The van der Waals surface area contributed by atoms with E-state index in [0.29, 0.717) is 12.2 Å². The van der Waals surface area contributed by atoms with Crippen LogP contribution < -0.4 is 27.0 Å². The first-order valence-corrected chi connectivity index (χ1v) is 8.78. The standard InChI is InChI=1S/C18H30N6O2/c1-12-10-24(15-5-7-21-9-13(15)20)11-14(16(12)22-8-6-19)23-17(25)26-18(2,3)4/h5-9,12,14,16,22H,10-11,19-20H2,1-4H3,(H,23,25)/b8-6-/t12-,14+,16-/m0/s1. The Kier molecular flexibility index (Phi) is 6.18. The lowest BCUT2D eigenvalue weighted by Gasteiger charge is -2.44. The first-order chi connectivity index (χ1) is 12.2. The SMILES string of the molecule is C[C@H]1CN(c2ccncc2N)C[C@@H](NC(=O)OC(C)(C)C)[C@H]1N/C=C\N. The van der Waals surface area contributed by atoms with E-state index in [1.54, 1.807) is 18.6 Å². The Hall–Kier alpha value is -2.64. The molecular formula is C18H30N6O2. The summed E-state index contributed by atoms with van der Waals surface area (Å²) in [6, 6.07) is 1.72. The molecule has 0 unspecified atom stereocenters. The Balaban J connectivity index is 2.19. The maximum absolute atomic E-state index is 12.3. The van der Waals surface area contributed by atoms with E-state index in [1.165, 1.54) is 6.20 Å². The van der Waals surface area contributed by atoms with Gasteiger partial charge in [-0.3, -0.25) is 4.98 Å². The van der Waals surface area contributed by atoms with Crippen molar-refractivity contribution in [3.8, 4) is 0 Å². The molecule has 1 aliphatic heterocycles. The number of alkyl carbamates (subject to hydrolysis) is 1. The van der Waals surface area contributed by atoms with Crippen molar-refractivity contribution in [2.75, 3.05) is 23.7 Å². The highest BCUT2D eigenvalue weighted by Gasteiger charge is 2.36. The number of aromatic nitrogens is 1.